The van der Waals surface area contributed by atoms with E-state index in [4.69, 9.17) is 0 Å². The van der Waals surface area contributed by atoms with Crippen molar-refractivity contribution < 1.29 is 13.9 Å². The van der Waals surface area contributed by atoms with Crippen LogP contribution in [0.15, 0.2) is 18.2 Å². The fraction of sp³-hybridized carbons (Fsp3) is 0.600. The van der Waals surface area contributed by atoms with E-state index in [1.165, 1.54) is 25.0 Å². The molecule has 1 aliphatic rings. The summed E-state index contributed by atoms with van der Waals surface area (Å²) in [5, 5.41) is 9.99. The molecule has 0 heterocycles. The molecule has 0 spiro atoms. The molecule has 0 amide bonds. The summed E-state index contributed by atoms with van der Waals surface area (Å²) in [7, 11) is 2.03. The van der Waals surface area contributed by atoms with Crippen molar-refractivity contribution in [2.75, 3.05) is 13.6 Å². The van der Waals surface area contributed by atoms with Crippen molar-refractivity contribution in [3.8, 4) is 0 Å². The van der Waals surface area contributed by atoms with Crippen molar-refractivity contribution in [1.29, 1.82) is 0 Å². The molecule has 2 nitrogen and oxygen atoms in total. The maximum atomic E-state index is 13.1. The lowest BCUT2D eigenvalue weighted by molar-refractivity contribution is 0.134. The van der Waals surface area contributed by atoms with Crippen LogP contribution in [0.2, 0.25) is 0 Å². The lowest BCUT2D eigenvalue weighted by Gasteiger charge is -2.25. The Morgan fingerprint density at radius 2 is 1.84 bits per heavy atom. The van der Waals surface area contributed by atoms with Crippen LogP contribution in [-0.4, -0.2) is 29.6 Å². The average Bonchev–Trinajstić information content (AvgIpc) is 3.17. The lowest BCUT2D eigenvalue weighted by Crippen LogP contribution is -2.32. The van der Waals surface area contributed by atoms with Crippen molar-refractivity contribution in [3.05, 3.63) is 35.4 Å². The van der Waals surface area contributed by atoms with Crippen molar-refractivity contribution in [3.63, 3.8) is 0 Å². The zero-order valence-corrected chi connectivity index (χ0v) is 11.4. The van der Waals surface area contributed by atoms with E-state index in [2.05, 4.69) is 11.8 Å². The zero-order chi connectivity index (χ0) is 14.0. The van der Waals surface area contributed by atoms with Crippen LogP contribution < -0.4 is 0 Å². The van der Waals surface area contributed by atoms with E-state index in [0.717, 1.165) is 18.5 Å². The van der Waals surface area contributed by atoms with Crippen molar-refractivity contribution >= 4 is 0 Å². The molecule has 0 saturated heterocycles. The summed E-state index contributed by atoms with van der Waals surface area (Å²) in [6.07, 6.45) is 2.22. The monoisotopic (exact) mass is 269 g/mol. The van der Waals surface area contributed by atoms with Crippen LogP contribution in [0.25, 0.3) is 0 Å². The predicted molar refractivity (Wildman–Crippen MR) is 70.8 cm³/mol. The van der Waals surface area contributed by atoms with Crippen LogP contribution >= 0.6 is 0 Å². The van der Waals surface area contributed by atoms with Gasteiger partial charge < -0.3 is 10.0 Å². The van der Waals surface area contributed by atoms with Crippen LogP contribution in [0.3, 0.4) is 0 Å². The van der Waals surface area contributed by atoms with Gasteiger partial charge in [-0.15, -0.1) is 0 Å². The van der Waals surface area contributed by atoms with Gasteiger partial charge >= 0.3 is 0 Å². The molecule has 0 bridgehead atoms. The highest BCUT2D eigenvalue weighted by Crippen LogP contribution is 2.34. The molecule has 0 aliphatic heterocycles. The molecular weight excluding hydrogens is 248 g/mol. The minimum Gasteiger partial charge on any atom is -0.388 e. The van der Waals surface area contributed by atoms with Crippen LogP contribution in [0, 0.1) is 17.6 Å². The Balaban J connectivity index is 1.87. The summed E-state index contributed by atoms with van der Waals surface area (Å²) < 4.78 is 26.1. The number of rotatable bonds is 6. The van der Waals surface area contributed by atoms with Crippen LogP contribution in [0.4, 0.5) is 8.78 Å². The second-order valence-electron chi connectivity index (χ2n) is 5.57. The van der Waals surface area contributed by atoms with Gasteiger partial charge in [0.2, 0.25) is 0 Å². The third-order valence-electron chi connectivity index (χ3n) is 4.02. The third kappa shape index (κ3) is 3.98. The quantitative estimate of drug-likeness (QED) is 0.857. The highest BCUT2D eigenvalue weighted by atomic mass is 19.1. The molecule has 0 radical (unpaired) electrons. The molecule has 0 aromatic heterocycles. The number of aliphatic hydroxyl groups is 1. The first kappa shape index (κ1) is 14.4. The highest BCUT2D eigenvalue weighted by Gasteiger charge is 2.30. The molecule has 1 aliphatic carbocycles. The van der Waals surface area contributed by atoms with Gasteiger partial charge in [-0.25, -0.2) is 8.78 Å². The van der Waals surface area contributed by atoms with Gasteiger partial charge in [0.1, 0.15) is 11.6 Å². The van der Waals surface area contributed by atoms with Crippen molar-refractivity contribution in [2.24, 2.45) is 5.92 Å². The van der Waals surface area contributed by atoms with Crippen molar-refractivity contribution in [2.45, 2.75) is 38.3 Å². The molecule has 2 atom stereocenters. The molecule has 106 valence electrons. The number of hydrogen-bond donors (Lipinski definition) is 1. The predicted octanol–water partition coefficient (Wildman–Crippen LogP) is 3.12. The fourth-order valence-corrected chi connectivity index (χ4v) is 2.40. The molecule has 1 saturated carbocycles. The minimum absolute atomic E-state index is 0.310. The Bertz CT molecular complexity index is 414. The van der Waals surface area contributed by atoms with Crippen LogP contribution in [0.5, 0.6) is 0 Å². The maximum Gasteiger partial charge on any atom is 0.126 e. The first-order valence-electron chi connectivity index (χ1n) is 6.81. The first-order valence-corrected chi connectivity index (χ1v) is 6.81. The van der Waals surface area contributed by atoms with E-state index in [9.17, 15) is 13.9 Å². The van der Waals surface area contributed by atoms with E-state index in [1.807, 2.05) is 7.05 Å². The van der Waals surface area contributed by atoms with Gasteiger partial charge in [-0.2, -0.15) is 0 Å². The minimum atomic E-state index is -0.820. The molecule has 1 aromatic rings. The summed E-state index contributed by atoms with van der Waals surface area (Å²) in [4.78, 5) is 2.20. The van der Waals surface area contributed by atoms with Crippen molar-refractivity contribution in [1.82, 2.24) is 4.90 Å². The number of halogens is 2. The van der Waals surface area contributed by atoms with Gasteiger partial charge in [0.05, 0.1) is 6.10 Å². The van der Waals surface area contributed by atoms with Gasteiger partial charge in [0, 0.05) is 18.7 Å². The number of nitrogens with zero attached hydrogens (tertiary/aromatic N) is 1. The molecule has 1 aromatic carbocycles. The van der Waals surface area contributed by atoms with Crippen LogP contribution in [0.1, 0.15) is 37.9 Å². The smallest absolute Gasteiger partial charge is 0.126 e. The Labute approximate surface area is 113 Å². The van der Waals surface area contributed by atoms with E-state index in [0.29, 0.717) is 18.0 Å². The molecule has 1 fully saturated rings. The fourth-order valence-electron chi connectivity index (χ4n) is 2.40. The number of benzene rings is 1. The third-order valence-corrected chi connectivity index (χ3v) is 4.02. The van der Waals surface area contributed by atoms with Gasteiger partial charge in [0.25, 0.3) is 0 Å². The van der Waals surface area contributed by atoms with Gasteiger partial charge in [-0.1, -0.05) is 0 Å². The molecule has 1 N–H and O–H groups in total. The second kappa shape index (κ2) is 5.97. The van der Waals surface area contributed by atoms with Gasteiger partial charge in [-0.05, 0) is 56.8 Å². The summed E-state index contributed by atoms with van der Waals surface area (Å²) in [6, 6.07) is 3.71. The van der Waals surface area contributed by atoms with Crippen LogP contribution in [-0.2, 0) is 0 Å². The molecule has 2 unspecified atom stereocenters. The largest absolute Gasteiger partial charge is 0.388 e. The summed E-state index contributed by atoms with van der Waals surface area (Å²) >= 11 is 0. The number of hydrogen-bond acceptors (Lipinski definition) is 2. The van der Waals surface area contributed by atoms with E-state index in [-0.39, 0.29) is 0 Å². The average molecular weight is 269 g/mol. The molecule has 19 heavy (non-hydrogen) atoms. The summed E-state index contributed by atoms with van der Waals surface area (Å²) in [6.45, 7) is 2.91. The van der Waals surface area contributed by atoms with Gasteiger partial charge in [0.15, 0.2) is 0 Å². The Morgan fingerprint density at radius 3 is 2.37 bits per heavy atom. The molecule has 4 heteroatoms. The molecule has 2 rings (SSSR count). The van der Waals surface area contributed by atoms with E-state index < -0.39 is 17.7 Å². The highest BCUT2D eigenvalue weighted by molar-refractivity contribution is 5.20. The maximum absolute atomic E-state index is 13.1. The SMILES string of the molecule is CC(C1CC1)N(C)CCC(O)c1cc(F)cc(F)c1. The first-order chi connectivity index (χ1) is 8.97. The van der Waals surface area contributed by atoms with E-state index >= 15 is 0 Å². The standard InChI is InChI=1S/C15H21F2NO/c1-10(11-3-4-11)18(2)6-5-15(19)12-7-13(16)9-14(17)8-12/h7-11,15,19H,3-6H2,1-2H3. The lowest BCUT2D eigenvalue weighted by atomic mass is 10.1. The summed E-state index contributed by atoms with van der Waals surface area (Å²) in [5.74, 6) is -0.517. The zero-order valence-electron chi connectivity index (χ0n) is 11.4. The second-order valence-corrected chi connectivity index (χ2v) is 5.57. The van der Waals surface area contributed by atoms with E-state index in [1.54, 1.807) is 0 Å². The summed E-state index contributed by atoms with van der Waals surface area (Å²) in [5.41, 5.74) is 0.310. The Morgan fingerprint density at radius 1 is 1.26 bits per heavy atom. The van der Waals surface area contributed by atoms with Gasteiger partial charge in [-0.3, -0.25) is 0 Å². The normalized spacial score (nSPS) is 18.6. The molecular formula is C15H21F2NO. The number of aliphatic hydroxyl groups excluding tert-OH is 1. The Kier molecular flexibility index (Phi) is 4.53. The Hall–Kier alpha value is -1.00. The topological polar surface area (TPSA) is 23.5 Å².